The molecule has 0 spiro atoms. The summed E-state index contributed by atoms with van der Waals surface area (Å²) in [6.45, 7) is 8.18. The second-order valence-corrected chi connectivity index (χ2v) is 5.61. The van der Waals surface area contributed by atoms with Gasteiger partial charge >= 0.3 is 12.3 Å². The molecule has 0 bridgehead atoms. The third-order valence-corrected chi connectivity index (χ3v) is 2.58. The minimum atomic E-state index is -4.39. The molecule has 0 aromatic heterocycles. The Hall–Kier alpha value is -1.72. The number of halogens is 3. The molecule has 1 aliphatic rings. The van der Waals surface area contributed by atoms with Gasteiger partial charge in [-0.1, -0.05) is 32.9 Å². The van der Waals surface area contributed by atoms with Crippen LogP contribution in [0, 0.1) is 5.92 Å². The van der Waals surface area contributed by atoms with E-state index in [-0.39, 0.29) is 6.04 Å². The van der Waals surface area contributed by atoms with Gasteiger partial charge in [-0.15, -0.1) is 0 Å². The van der Waals surface area contributed by atoms with Gasteiger partial charge in [-0.3, -0.25) is 0 Å². The minimum absolute atomic E-state index is 0.339. The molecular weight excluding hydrogens is 283 g/mol. The number of hydrogen-bond acceptors (Lipinski definition) is 2. The standard InChI is InChI=1S/C11H10F3NO2.C4H10/c1-6-9(17-10(16)15-6)7-3-2-4-8(5-7)11(12,13)14;1-4(2)3/h2-6,9H,1H3,(H,15,16);4H,1-3H3/t6-,9-;/m0./s1. The number of ether oxygens (including phenoxy) is 1. The molecule has 2 atom stereocenters. The molecular formula is C15H20F3NO2. The van der Waals surface area contributed by atoms with Crippen molar-refractivity contribution in [2.75, 3.05) is 0 Å². The molecule has 0 saturated carbocycles. The maximum Gasteiger partial charge on any atom is 0.416 e. The molecule has 0 aliphatic carbocycles. The summed E-state index contributed by atoms with van der Waals surface area (Å²) in [6.07, 6.45) is -5.68. The normalized spacial score (nSPS) is 21.4. The van der Waals surface area contributed by atoms with Crippen LogP contribution in [0.1, 0.15) is 44.9 Å². The van der Waals surface area contributed by atoms with Gasteiger partial charge in [-0.25, -0.2) is 4.79 Å². The highest BCUT2D eigenvalue weighted by atomic mass is 19.4. The number of alkyl halides is 3. The second-order valence-electron chi connectivity index (χ2n) is 5.61. The van der Waals surface area contributed by atoms with Crippen LogP contribution in [0.4, 0.5) is 18.0 Å². The van der Waals surface area contributed by atoms with Crippen molar-refractivity contribution in [2.45, 2.75) is 46.0 Å². The van der Waals surface area contributed by atoms with Crippen LogP contribution in [0.25, 0.3) is 0 Å². The van der Waals surface area contributed by atoms with E-state index in [0.717, 1.165) is 18.1 Å². The van der Waals surface area contributed by atoms with Crippen LogP contribution in [-0.2, 0) is 10.9 Å². The molecule has 0 radical (unpaired) electrons. The summed E-state index contributed by atoms with van der Waals surface area (Å²) in [5.41, 5.74) is -0.407. The SMILES string of the molecule is CC(C)C.C[C@@H]1NC(=O)O[C@@H]1c1cccc(C(F)(F)F)c1. The van der Waals surface area contributed by atoms with Gasteiger partial charge in [0.05, 0.1) is 11.6 Å². The molecule has 0 unspecified atom stereocenters. The first-order valence-electron chi connectivity index (χ1n) is 6.75. The number of benzene rings is 1. The van der Waals surface area contributed by atoms with E-state index >= 15 is 0 Å². The van der Waals surface area contributed by atoms with E-state index in [1.54, 1.807) is 6.92 Å². The topological polar surface area (TPSA) is 38.3 Å². The molecule has 1 saturated heterocycles. The Morgan fingerprint density at radius 1 is 1.24 bits per heavy atom. The van der Waals surface area contributed by atoms with E-state index in [4.69, 9.17) is 4.74 Å². The van der Waals surface area contributed by atoms with Gasteiger partial charge in [0.2, 0.25) is 0 Å². The van der Waals surface area contributed by atoms with Crippen LogP contribution in [0.3, 0.4) is 0 Å². The third kappa shape index (κ3) is 5.28. The highest BCUT2D eigenvalue weighted by molar-refractivity contribution is 5.70. The van der Waals surface area contributed by atoms with Crippen LogP contribution in [0.5, 0.6) is 0 Å². The Morgan fingerprint density at radius 3 is 2.24 bits per heavy atom. The predicted molar refractivity (Wildman–Crippen MR) is 73.8 cm³/mol. The molecule has 1 N–H and O–H groups in total. The zero-order chi connectivity index (χ0) is 16.2. The number of hydrogen-bond donors (Lipinski definition) is 1. The first kappa shape index (κ1) is 17.3. The highest BCUT2D eigenvalue weighted by Crippen LogP contribution is 2.33. The summed E-state index contributed by atoms with van der Waals surface area (Å²) in [4.78, 5) is 11.0. The third-order valence-electron chi connectivity index (χ3n) is 2.58. The van der Waals surface area contributed by atoms with Crippen molar-refractivity contribution in [1.82, 2.24) is 5.32 Å². The first-order valence-corrected chi connectivity index (χ1v) is 6.75. The van der Waals surface area contributed by atoms with E-state index in [1.807, 2.05) is 0 Å². The summed E-state index contributed by atoms with van der Waals surface area (Å²) < 4.78 is 42.4. The maximum absolute atomic E-state index is 12.5. The average Bonchev–Trinajstić information content (AvgIpc) is 2.67. The van der Waals surface area contributed by atoms with Gasteiger partial charge in [0, 0.05) is 0 Å². The Morgan fingerprint density at radius 2 is 1.81 bits per heavy atom. The number of amides is 1. The monoisotopic (exact) mass is 303 g/mol. The Kier molecular flexibility index (Phi) is 5.63. The molecule has 1 aliphatic heterocycles. The number of carbonyl (C=O) groups excluding carboxylic acids is 1. The number of alkyl carbamates (subject to hydrolysis) is 1. The van der Waals surface area contributed by atoms with Crippen LogP contribution in [-0.4, -0.2) is 12.1 Å². The number of nitrogens with one attached hydrogen (secondary N) is 1. The Balaban J connectivity index is 0.000000491. The molecule has 21 heavy (non-hydrogen) atoms. The lowest BCUT2D eigenvalue weighted by atomic mass is 10.0. The second kappa shape index (κ2) is 6.83. The lowest BCUT2D eigenvalue weighted by Crippen LogP contribution is -2.24. The number of cyclic esters (lactones) is 1. The molecule has 1 aromatic carbocycles. The summed E-state index contributed by atoms with van der Waals surface area (Å²) in [5, 5.41) is 2.48. The van der Waals surface area contributed by atoms with Crippen molar-refractivity contribution in [2.24, 2.45) is 5.92 Å². The maximum atomic E-state index is 12.5. The van der Waals surface area contributed by atoms with Crippen molar-refractivity contribution in [3.8, 4) is 0 Å². The summed E-state index contributed by atoms with van der Waals surface area (Å²) in [7, 11) is 0. The van der Waals surface area contributed by atoms with Gasteiger partial charge in [0.1, 0.15) is 6.10 Å². The summed E-state index contributed by atoms with van der Waals surface area (Å²) in [6, 6.07) is 4.46. The minimum Gasteiger partial charge on any atom is -0.439 e. The van der Waals surface area contributed by atoms with Crippen molar-refractivity contribution in [1.29, 1.82) is 0 Å². The first-order chi connectivity index (χ1) is 9.61. The fourth-order valence-corrected chi connectivity index (χ4v) is 1.76. The highest BCUT2D eigenvalue weighted by Gasteiger charge is 2.35. The van der Waals surface area contributed by atoms with Crippen molar-refractivity contribution in [3.05, 3.63) is 35.4 Å². The smallest absolute Gasteiger partial charge is 0.416 e. The largest absolute Gasteiger partial charge is 0.439 e. The predicted octanol–water partition coefficient (Wildman–Crippen LogP) is 4.54. The fourth-order valence-electron chi connectivity index (χ4n) is 1.76. The fraction of sp³-hybridized carbons (Fsp3) is 0.533. The Labute approximate surface area is 122 Å². The average molecular weight is 303 g/mol. The van der Waals surface area contributed by atoms with E-state index in [9.17, 15) is 18.0 Å². The zero-order valence-electron chi connectivity index (χ0n) is 12.5. The summed E-state index contributed by atoms with van der Waals surface area (Å²) >= 11 is 0. The molecule has 6 heteroatoms. The van der Waals surface area contributed by atoms with E-state index < -0.39 is 23.9 Å². The number of carbonyl (C=O) groups is 1. The van der Waals surface area contributed by atoms with Crippen LogP contribution in [0.2, 0.25) is 0 Å². The Bertz CT molecular complexity index is 483. The van der Waals surface area contributed by atoms with Gasteiger partial charge < -0.3 is 10.1 Å². The van der Waals surface area contributed by atoms with Gasteiger partial charge in [-0.05, 0) is 30.5 Å². The lowest BCUT2D eigenvalue weighted by Gasteiger charge is -2.15. The molecule has 118 valence electrons. The zero-order valence-corrected chi connectivity index (χ0v) is 12.5. The van der Waals surface area contributed by atoms with E-state index in [0.29, 0.717) is 5.56 Å². The molecule has 3 nitrogen and oxygen atoms in total. The molecule has 1 aromatic rings. The van der Waals surface area contributed by atoms with Gasteiger partial charge in [0.15, 0.2) is 0 Å². The van der Waals surface area contributed by atoms with Crippen molar-refractivity contribution >= 4 is 6.09 Å². The van der Waals surface area contributed by atoms with Crippen LogP contribution < -0.4 is 5.32 Å². The van der Waals surface area contributed by atoms with Crippen molar-refractivity contribution < 1.29 is 22.7 Å². The lowest BCUT2D eigenvalue weighted by molar-refractivity contribution is -0.137. The van der Waals surface area contributed by atoms with E-state index in [2.05, 4.69) is 26.1 Å². The van der Waals surface area contributed by atoms with Gasteiger partial charge in [0.25, 0.3) is 0 Å². The van der Waals surface area contributed by atoms with Gasteiger partial charge in [-0.2, -0.15) is 13.2 Å². The quantitative estimate of drug-likeness (QED) is 0.827. The molecule has 1 amide bonds. The van der Waals surface area contributed by atoms with Crippen molar-refractivity contribution in [3.63, 3.8) is 0 Å². The van der Waals surface area contributed by atoms with Crippen LogP contribution in [0.15, 0.2) is 24.3 Å². The van der Waals surface area contributed by atoms with E-state index in [1.165, 1.54) is 12.1 Å². The molecule has 1 heterocycles. The summed E-state index contributed by atoms with van der Waals surface area (Å²) in [5.74, 6) is 0.833. The molecule has 1 fully saturated rings. The van der Waals surface area contributed by atoms with Crippen LogP contribution >= 0.6 is 0 Å². The molecule has 2 rings (SSSR count). The number of rotatable bonds is 1.